The van der Waals surface area contributed by atoms with Crippen molar-refractivity contribution >= 4 is 29.1 Å². The van der Waals surface area contributed by atoms with Crippen LogP contribution in [-0.2, 0) is 9.59 Å². The molecule has 1 heterocycles. The van der Waals surface area contributed by atoms with Crippen LogP contribution in [-0.4, -0.2) is 35.7 Å². The van der Waals surface area contributed by atoms with Gasteiger partial charge in [0.1, 0.15) is 0 Å². The van der Waals surface area contributed by atoms with Gasteiger partial charge in [0.2, 0.25) is 11.8 Å². The van der Waals surface area contributed by atoms with Gasteiger partial charge < -0.3 is 15.5 Å². The number of para-hydroxylation sites is 1. The normalized spacial score (nSPS) is 22.1. The first kappa shape index (κ1) is 18.0. The molecule has 6 nitrogen and oxygen atoms in total. The Kier molecular flexibility index (Phi) is 4.47. The van der Waals surface area contributed by atoms with E-state index in [0.29, 0.717) is 24.3 Å². The van der Waals surface area contributed by atoms with Crippen LogP contribution in [0.5, 0.6) is 0 Å². The fraction of sp³-hybridized carbons (Fsp3) is 0.227. The van der Waals surface area contributed by atoms with E-state index >= 15 is 0 Å². The van der Waals surface area contributed by atoms with Crippen LogP contribution in [0.15, 0.2) is 67.3 Å². The van der Waals surface area contributed by atoms with Crippen LogP contribution >= 0.6 is 0 Å². The van der Waals surface area contributed by atoms with E-state index in [1.165, 1.54) is 6.08 Å². The number of carbonyl (C=O) groups is 3. The Morgan fingerprint density at radius 2 is 1.68 bits per heavy atom. The van der Waals surface area contributed by atoms with Gasteiger partial charge in [-0.25, -0.2) is 0 Å². The van der Waals surface area contributed by atoms with Crippen LogP contribution < -0.4 is 10.6 Å². The Labute approximate surface area is 163 Å². The molecule has 28 heavy (non-hydrogen) atoms. The van der Waals surface area contributed by atoms with Gasteiger partial charge in [0, 0.05) is 30.0 Å². The Morgan fingerprint density at radius 3 is 2.36 bits per heavy atom. The zero-order valence-electron chi connectivity index (χ0n) is 15.4. The van der Waals surface area contributed by atoms with Crippen molar-refractivity contribution in [3.63, 3.8) is 0 Å². The van der Waals surface area contributed by atoms with E-state index in [1.807, 2.05) is 30.3 Å². The molecule has 0 spiro atoms. The van der Waals surface area contributed by atoms with Crippen molar-refractivity contribution < 1.29 is 14.4 Å². The van der Waals surface area contributed by atoms with Gasteiger partial charge in [-0.3, -0.25) is 14.4 Å². The molecular formula is C22H21N3O3. The Morgan fingerprint density at radius 1 is 1.00 bits per heavy atom. The number of piperidine rings is 1. The van der Waals surface area contributed by atoms with Gasteiger partial charge in [-0.05, 0) is 54.8 Å². The van der Waals surface area contributed by atoms with Crippen molar-refractivity contribution in [2.75, 3.05) is 23.7 Å². The summed E-state index contributed by atoms with van der Waals surface area (Å²) in [6.07, 6.45) is 2.09. The lowest BCUT2D eigenvalue weighted by Crippen LogP contribution is -2.34. The van der Waals surface area contributed by atoms with Gasteiger partial charge in [0.05, 0.1) is 5.41 Å². The predicted octanol–water partition coefficient (Wildman–Crippen LogP) is 2.91. The maximum Gasteiger partial charge on any atom is 0.255 e. The SMILES string of the molecule is C=CC(=O)N1CC2CC2(C(=O)Nc2ccc(C(=O)Nc3ccccc3)cc2)C1. The summed E-state index contributed by atoms with van der Waals surface area (Å²) in [5, 5.41) is 5.75. The number of benzene rings is 2. The molecule has 1 aliphatic heterocycles. The fourth-order valence-corrected chi connectivity index (χ4v) is 3.82. The van der Waals surface area contributed by atoms with E-state index < -0.39 is 5.41 Å². The fourth-order valence-electron chi connectivity index (χ4n) is 3.82. The van der Waals surface area contributed by atoms with Crippen molar-refractivity contribution in [2.45, 2.75) is 6.42 Å². The lowest BCUT2D eigenvalue weighted by molar-refractivity contribution is -0.126. The zero-order valence-corrected chi connectivity index (χ0v) is 15.4. The summed E-state index contributed by atoms with van der Waals surface area (Å²) in [6, 6.07) is 16.0. The molecule has 3 amide bonds. The zero-order chi connectivity index (χ0) is 19.7. The second-order valence-corrected chi connectivity index (χ2v) is 7.33. The molecule has 2 aromatic rings. The molecule has 1 saturated carbocycles. The van der Waals surface area contributed by atoms with Crippen LogP contribution in [0.1, 0.15) is 16.8 Å². The second-order valence-electron chi connectivity index (χ2n) is 7.33. The number of rotatable bonds is 5. The van der Waals surface area contributed by atoms with Gasteiger partial charge in [-0.1, -0.05) is 24.8 Å². The summed E-state index contributed by atoms with van der Waals surface area (Å²) >= 11 is 0. The van der Waals surface area contributed by atoms with E-state index in [9.17, 15) is 14.4 Å². The summed E-state index contributed by atoms with van der Waals surface area (Å²) in [4.78, 5) is 38.5. The monoisotopic (exact) mass is 375 g/mol. The third-order valence-electron chi connectivity index (χ3n) is 5.52. The molecule has 2 unspecified atom stereocenters. The average molecular weight is 375 g/mol. The Bertz CT molecular complexity index is 939. The van der Waals surface area contributed by atoms with Crippen molar-refractivity contribution in [1.82, 2.24) is 4.90 Å². The van der Waals surface area contributed by atoms with Crippen LogP contribution in [0.3, 0.4) is 0 Å². The third-order valence-corrected chi connectivity index (χ3v) is 5.52. The number of hydrogen-bond donors (Lipinski definition) is 2. The van der Waals surface area contributed by atoms with Gasteiger partial charge >= 0.3 is 0 Å². The molecule has 0 aromatic heterocycles. The van der Waals surface area contributed by atoms with Crippen molar-refractivity contribution in [2.24, 2.45) is 11.3 Å². The molecule has 2 atom stereocenters. The minimum atomic E-state index is -0.484. The van der Waals surface area contributed by atoms with Gasteiger partial charge in [-0.2, -0.15) is 0 Å². The molecule has 2 fully saturated rings. The number of amides is 3. The summed E-state index contributed by atoms with van der Waals surface area (Å²) < 4.78 is 0. The van der Waals surface area contributed by atoms with E-state index in [2.05, 4.69) is 17.2 Å². The van der Waals surface area contributed by atoms with Crippen molar-refractivity contribution in [3.05, 3.63) is 72.8 Å². The summed E-state index contributed by atoms with van der Waals surface area (Å²) in [5.74, 6) is -0.196. The maximum atomic E-state index is 12.7. The molecule has 4 rings (SSSR count). The summed E-state index contributed by atoms with van der Waals surface area (Å²) in [7, 11) is 0. The first-order chi connectivity index (χ1) is 13.5. The molecule has 0 bridgehead atoms. The Hall–Kier alpha value is -3.41. The lowest BCUT2D eigenvalue weighted by atomic mass is 10.1. The van der Waals surface area contributed by atoms with Crippen LogP contribution in [0.25, 0.3) is 0 Å². The highest BCUT2D eigenvalue weighted by Crippen LogP contribution is 2.58. The summed E-state index contributed by atoms with van der Waals surface area (Å²) in [5.41, 5.74) is 1.38. The maximum absolute atomic E-state index is 12.7. The number of likely N-dealkylation sites (tertiary alicyclic amines) is 1. The van der Waals surface area contributed by atoms with Crippen LogP contribution in [0.2, 0.25) is 0 Å². The number of nitrogens with zero attached hydrogens (tertiary/aromatic N) is 1. The molecule has 142 valence electrons. The smallest absolute Gasteiger partial charge is 0.255 e. The predicted molar refractivity (Wildman–Crippen MR) is 107 cm³/mol. The van der Waals surface area contributed by atoms with E-state index in [0.717, 1.165) is 12.1 Å². The van der Waals surface area contributed by atoms with Gasteiger partial charge in [0.15, 0.2) is 0 Å². The van der Waals surface area contributed by atoms with Gasteiger partial charge in [0.25, 0.3) is 5.91 Å². The number of anilines is 2. The Balaban J connectivity index is 1.37. The summed E-state index contributed by atoms with van der Waals surface area (Å²) in [6.45, 7) is 4.55. The quantitative estimate of drug-likeness (QED) is 0.789. The number of carbonyl (C=O) groups excluding carboxylic acids is 3. The number of nitrogens with one attached hydrogen (secondary N) is 2. The number of hydrogen-bond acceptors (Lipinski definition) is 3. The first-order valence-electron chi connectivity index (χ1n) is 9.21. The molecule has 1 saturated heterocycles. The lowest BCUT2D eigenvalue weighted by Gasteiger charge is -2.19. The molecule has 2 N–H and O–H groups in total. The van der Waals surface area contributed by atoms with Crippen LogP contribution in [0.4, 0.5) is 11.4 Å². The molecule has 1 aliphatic carbocycles. The second kappa shape index (κ2) is 6.96. The standard InChI is InChI=1S/C22H21N3O3/c1-2-19(26)25-13-16-12-22(16,14-25)21(28)24-18-10-8-15(9-11-18)20(27)23-17-6-4-3-5-7-17/h2-11,16H,1,12-14H2,(H,23,27)(H,24,28). The molecular weight excluding hydrogens is 354 g/mol. The van der Waals surface area contributed by atoms with Gasteiger partial charge in [-0.15, -0.1) is 0 Å². The first-order valence-corrected chi connectivity index (χ1v) is 9.21. The molecule has 2 aromatic carbocycles. The number of fused-ring (bicyclic) bond motifs is 1. The third kappa shape index (κ3) is 3.29. The average Bonchev–Trinajstić information content (AvgIpc) is 3.29. The van der Waals surface area contributed by atoms with Crippen molar-refractivity contribution in [3.8, 4) is 0 Å². The minimum Gasteiger partial charge on any atom is -0.338 e. The van der Waals surface area contributed by atoms with Crippen LogP contribution in [0, 0.1) is 11.3 Å². The van der Waals surface area contributed by atoms with E-state index in [1.54, 1.807) is 29.2 Å². The van der Waals surface area contributed by atoms with E-state index in [4.69, 9.17) is 0 Å². The largest absolute Gasteiger partial charge is 0.338 e. The molecule has 2 aliphatic rings. The highest BCUT2D eigenvalue weighted by Gasteiger charge is 2.65. The van der Waals surface area contributed by atoms with E-state index in [-0.39, 0.29) is 23.6 Å². The topological polar surface area (TPSA) is 78.5 Å². The highest BCUT2D eigenvalue weighted by atomic mass is 16.2. The molecule has 6 heteroatoms. The molecule has 0 radical (unpaired) electrons. The highest BCUT2D eigenvalue weighted by molar-refractivity contribution is 6.05. The van der Waals surface area contributed by atoms with Crippen molar-refractivity contribution in [1.29, 1.82) is 0 Å². The minimum absolute atomic E-state index is 0.0710.